The van der Waals surface area contributed by atoms with E-state index in [0.717, 1.165) is 13.0 Å². The van der Waals surface area contributed by atoms with E-state index < -0.39 is 0 Å². The van der Waals surface area contributed by atoms with E-state index in [1.165, 1.54) is 0 Å². The molecule has 0 aliphatic carbocycles. The van der Waals surface area contributed by atoms with Crippen molar-refractivity contribution in [3.05, 3.63) is 0 Å². The van der Waals surface area contributed by atoms with Crippen LogP contribution in [0.5, 0.6) is 0 Å². The lowest BCUT2D eigenvalue weighted by molar-refractivity contribution is -0.0773. The molecular weight excluding hydrogens is 238 g/mol. The monoisotopic (exact) mass is 263 g/mol. The summed E-state index contributed by atoms with van der Waals surface area (Å²) < 4.78 is 26.4. The van der Waals surface area contributed by atoms with Crippen LogP contribution >= 0.6 is 0 Å². The first kappa shape index (κ1) is 15.8. The maximum absolute atomic E-state index is 5.91. The molecule has 2 N–H and O–H groups in total. The van der Waals surface area contributed by atoms with Crippen LogP contribution in [0, 0.1) is 0 Å². The zero-order valence-electron chi connectivity index (χ0n) is 11.1. The molecule has 18 heavy (non-hydrogen) atoms. The number of hydrogen-bond acceptors (Lipinski definition) is 6. The zero-order valence-corrected chi connectivity index (χ0v) is 11.1. The molecule has 0 radical (unpaired) electrons. The largest absolute Gasteiger partial charge is 0.382 e. The molecule has 6 nitrogen and oxygen atoms in total. The van der Waals surface area contributed by atoms with Gasteiger partial charge in [-0.05, 0) is 6.42 Å². The molecule has 0 aromatic heterocycles. The minimum atomic E-state index is 0.000281. The standard InChI is InChI=1S/C12H25NO5/c1-14-4-5-15-6-7-16-8-9-18-12-10-17-3-2-11(12)13/h11-12H,2-10,13H2,1H3. The highest BCUT2D eigenvalue weighted by Crippen LogP contribution is 2.08. The van der Waals surface area contributed by atoms with Crippen molar-refractivity contribution in [3.63, 3.8) is 0 Å². The van der Waals surface area contributed by atoms with Crippen LogP contribution in [0.1, 0.15) is 6.42 Å². The van der Waals surface area contributed by atoms with Crippen molar-refractivity contribution in [3.8, 4) is 0 Å². The van der Waals surface area contributed by atoms with Crippen molar-refractivity contribution < 1.29 is 23.7 Å². The van der Waals surface area contributed by atoms with E-state index in [0.29, 0.717) is 46.2 Å². The first-order valence-corrected chi connectivity index (χ1v) is 6.44. The number of methoxy groups -OCH3 is 1. The van der Waals surface area contributed by atoms with Gasteiger partial charge < -0.3 is 29.4 Å². The van der Waals surface area contributed by atoms with Crippen molar-refractivity contribution in [2.75, 3.05) is 60.0 Å². The topological polar surface area (TPSA) is 72.2 Å². The van der Waals surface area contributed by atoms with Gasteiger partial charge in [0, 0.05) is 19.8 Å². The highest BCUT2D eigenvalue weighted by Gasteiger charge is 2.22. The summed E-state index contributed by atoms with van der Waals surface area (Å²) in [4.78, 5) is 0. The number of hydrogen-bond donors (Lipinski definition) is 1. The van der Waals surface area contributed by atoms with Crippen LogP contribution in [-0.2, 0) is 23.7 Å². The van der Waals surface area contributed by atoms with Gasteiger partial charge in [0.2, 0.25) is 0 Å². The first-order valence-electron chi connectivity index (χ1n) is 6.44. The third kappa shape index (κ3) is 7.25. The summed E-state index contributed by atoms with van der Waals surface area (Å²) in [5.41, 5.74) is 5.91. The van der Waals surface area contributed by atoms with Gasteiger partial charge in [0.05, 0.1) is 52.4 Å². The first-order chi connectivity index (χ1) is 8.84. The predicted molar refractivity (Wildman–Crippen MR) is 66.7 cm³/mol. The minimum absolute atomic E-state index is 0.000281. The van der Waals surface area contributed by atoms with Crippen LogP contribution < -0.4 is 5.73 Å². The molecule has 0 bridgehead atoms. The Morgan fingerprint density at radius 1 is 1.06 bits per heavy atom. The summed E-state index contributed by atoms with van der Waals surface area (Å²) in [5.74, 6) is 0. The Hall–Kier alpha value is -0.240. The third-order valence-corrected chi connectivity index (χ3v) is 2.72. The summed E-state index contributed by atoms with van der Waals surface area (Å²) in [6.45, 7) is 4.78. The lowest BCUT2D eigenvalue weighted by Crippen LogP contribution is -2.45. The average molecular weight is 263 g/mol. The molecule has 0 saturated carbocycles. The molecule has 0 amide bonds. The highest BCUT2D eigenvalue weighted by atomic mass is 16.6. The molecule has 1 aliphatic rings. The smallest absolute Gasteiger partial charge is 0.0960 e. The van der Waals surface area contributed by atoms with Crippen molar-refractivity contribution in [2.24, 2.45) is 5.73 Å². The number of rotatable bonds is 10. The van der Waals surface area contributed by atoms with Crippen molar-refractivity contribution in [1.29, 1.82) is 0 Å². The van der Waals surface area contributed by atoms with Gasteiger partial charge in [-0.25, -0.2) is 0 Å². The van der Waals surface area contributed by atoms with Crippen LogP contribution in [-0.4, -0.2) is 72.1 Å². The van der Waals surface area contributed by atoms with E-state index in [4.69, 9.17) is 29.4 Å². The second-order valence-corrected chi connectivity index (χ2v) is 4.15. The lowest BCUT2D eigenvalue weighted by atomic mass is 10.1. The van der Waals surface area contributed by atoms with E-state index in [2.05, 4.69) is 0 Å². The van der Waals surface area contributed by atoms with E-state index in [9.17, 15) is 0 Å². The minimum Gasteiger partial charge on any atom is -0.382 e. The molecular formula is C12H25NO5. The Kier molecular flexibility index (Phi) is 9.37. The summed E-state index contributed by atoms with van der Waals surface area (Å²) in [6.07, 6.45) is 0.860. The highest BCUT2D eigenvalue weighted by molar-refractivity contribution is 4.76. The Morgan fingerprint density at radius 3 is 2.39 bits per heavy atom. The fraction of sp³-hybridized carbons (Fsp3) is 1.00. The van der Waals surface area contributed by atoms with E-state index in [-0.39, 0.29) is 12.1 Å². The Labute approximate surface area is 109 Å². The van der Waals surface area contributed by atoms with Gasteiger partial charge >= 0.3 is 0 Å². The summed E-state index contributed by atoms with van der Waals surface area (Å²) in [6, 6.07) is 0.0797. The van der Waals surface area contributed by atoms with Gasteiger partial charge in [-0.2, -0.15) is 0 Å². The van der Waals surface area contributed by atoms with Gasteiger partial charge in [-0.3, -0.25) is 0 Å². The molecule has 0 aromatic carbocycles. The molecule has 1 fully saturated rings. The van der Waals surface area contributed by atoms with Crippen LogP contribution in [0.15, 0.2) is 0 Å². The number of nitrogens with two attached hydrogens (primary N) is 1. The Morgan fingerprint density at radius 2 is 1.72 bits per heavy atom. The van der Waals surface area contributed by atoms with Gasteiger partial charge in [0.15, 0.2) is 0 Å². The Balaban J connectivity index is 1.83. The molecule has 1 rings (SSSR count). The molecule has 6 heteroatoms. The van der Waals surface area contributed by atoms with E-state index in [1.807, 2.05) is 0 Å². The molecule has 1 heterocycles. The normalized spacial score (nSPS) is 24.3. The van der Waals surface area contributed by atoms with Crippen molar-refractivity contribution in [2.45, 2.75) is 18.6 Å². The average Bonchev–Trinajstić information content (AvgIpc) is 2.39. The lowest BCUT2D eigenvalue weighted by Gasteiger charge is -2.28. The molecule has 2 atom stereocenters. The van der Waals surface area contributed by atoms with Crippen LogP contribution in [0.3, 0.4) is 0 Å². The molecule has 1 saturated heterocycles. The van der Waals surface area contributed by atoms with Gasteiger partial charge in [-0.1, -0.05) is 0 Å². The fourth-order valence-electron chi connectivity index (χ4n) is 1.62. The van der Waals surface area contributed by atoms with Gasteiger partial charge in [0.1, 0.15) is 0 Å². The predicted octanol–water partition coefficient (Wildman–Crippen LogP) is -0.201. The Bertz CT molecular complexity index is 193. The third-order valence-electron chi connectivity index (χ3n) is 2.72. The van der Waals surface area contributed by atoms with Crippen molar-refractivity contribution in [1.82, 2.24) is 0 Å². The summed E-state index contributed by atoms with van der Waals surface area (Å²) >= 11 is 0. The quantitative estimate of drug-likeness (QED) is 0.550. The maximum Gasteiger partial charge on any atom is 0.0960 e. The summed E-state index contributed by atoms with van der Waals surface area (Å²) in [7, 11) is 1.65. The zero-order chi connectivity index (χ0) is 13.1. The molecule has 1 aliphatic heterocycles. The SMILES string of the molecule is COCCOCCOCCOC1COCCC1N. The molecule has 108 valence electrons. The van der Waals surface area contributed by atoms with Gasteiger partial charge in [0.25, 0.3) is 0 Å². The molecule has 0 spiro atoms. The second kappa shape index (κ2) is 10.7. The maximum atomic E-state index is 5.91. The molecule has 0 aromatic rings. The van der Waals surface area contributed by atoms with Gasteiger partial charge in [-0.15, -0.1) is 0 Å². The van der Waals surface area contributed by atoms with E-state index in [1.54, 1.807) is 7.11 Å². The fourth-order valence-corrected chi connectivity index (χ4v) is 1.62. The number of ether oxygens (including phenoxy) is 5. The molecule has 2 unspecified atom stereocenters. The van der Waals surface area contributed by atoms with E-state index >= 15 is 0 Å². The second-order valence-electron chi connectivity index (χ2n) is 4.15. The van der Waals surface area contributed by atoms with Crippen LogP contribution in [0.4, 0.5) is 0 Å². The van der Waals surface area contributed by atoms with Crippen molar-refractivity contribution >= 4 is 0 Å². The van der Waals surface area contributed by atoms with Crippen LogP contribution in [0.2, 0.25) is 0 Å². The van der Waals surface area contributed by atoms with Crippen LogP contribution in [0.25, 0.3) is 0 Å². The summed E-state index contributed by atoms with van der Waals surface area (Å²) in [5, 5.41) is 0.